The van der Waals surface area contributed by atoms with E-state index in [1.165, 1.54) is 17.9 Å². The van der Waals surface area contributed by atoms with Crippen LogP contribution in [0.1, 0.15) is 48.9 Å². The van der Waals surface area contributed by atoms with Crippen molar-refractivity contribution in [2.45, 2.75) is 45.1 Å². The van der Waals surface area contributed by atoms with Crippen molar-refractivity contribution in [3.05, 3.63) is 81.6 Å². The molecule has 0 bridgehead atoms. The molecule has 0 unspecified atom stereocenters. The molecule has 0 saturated heterocycles. The number of aryl methyl sites for hydroxylation is 1. The number of carbonyl (C=O) groups excluding carboxylic acids is 2. The fraction of sp³-hybridized carbons (Fsp3) is 0.343. The molecule has 1 aliphatic rings. The van der Waals surface area contributed by atoms with Crippen LogP contribution in [0.4, 0.5) is 5.69 Å². The molecule has 0 fully saturated rings. The molecule has 236 valence electrons. The van der Waals surface area contributed by atoms with E-state index in [-0.39, 0.29) is 23.3 Å². The number of aromatic nitrogens is 1. The number of anilines is 1. The van der Waals surface area contributed by atoms with Crippen LogP contribution in [0.5, 0.6) is 17.2 Å². The van der Waals surface area contributed by atoms with Crippen LogP contribution in [0.25, 0.3) is 22.0 Å². The lowest BCUT2D eigenvalue weighted by Gasteiger charge is -2.19. The Morgan fingerprint density at radius 2 is 1.78 bits per heavy atom. The minimum absolute atomic E-state index is 0.0319. The number of amides is 2. The number of ether oxygens (including phenoxy) is 3. The summed E-state index contributed by atoms with van der Waals surface area (Å²) in [5.41, 5.74) is 5.67. The van der Waals surface area contributed by atoms with Crippen LogP contribution in [0.15, 0.2) is 59.5 Å². The van der Waals surface area contributed by atoms with Crippen molar-refractivity contribution in [1.29, 1.82) is 0 Å². The molecule has 0 spiro atoms. The fourth-order valence-electron chi connectivity index (χ4n) is 6.09. The van der Waals surface area contributed by atoms with E-state index in [1.54, 1.807) is 33.5 Å². The van der Waals surface area contributed by atoms with Crippen molar-refractivity contribution >= 4 is 28.4 Å². The Morgan fingerprint density at radius 1 is 0.978 bits per heavy atom. The monoisotopic (exact) mass is 612 g/mol. The van der Waals surface area contributed by atoms with E-state index in [4.69, 9.17) is 14.2 Å². The molecule has 0 aliphatic heterocycles. The number of H-pyrrole nitrogens is 1. The molecule has 1 heterocycles. The third kappa shape index (κ3) is 6.90. The summed E-state index contributed by atoms with van der Waals surface area (Å²) in [6.45, 7) is 2.46. The molecular formula is C35H40N4O6. The van der Waals surface area contributed by atoms with Gasteiger partial charge in [-0.25, -0.2) is 0 Å². The van der Waals surface area contributed by atoms with Gasteiger partial charge in [0.1, 0.15) is 0 Å². The van der Waals surface area contributed by atoms with Crippen LogP contribution < -0.4 is 35.6 Å². The van der Waals surface area contributed by atoms with Gasteiger partial charge in [-0.1, -0.05) is 24.3 Å². The summed E-state index contributed by atoms with van der Waals surface area (Å²) in [5, 5.41) is 10.4. The van der Waals surface area contributed by atoms with Crippen molar-refractivity contribution in [3.63, 3.8) is 0 Å². The van der Waals surface area contributed by atoms with E-state index in [2.05, 4.69) is 27.0 Å². The highest BCUT2D eigenvalue weighted by Crippen LogP contribution is 2.50. The van der Waals surface area contributed by atoms with Gasteiger partial charge in [0, 0.05) is 49.1 Å². The predicted octanol–water partition coefficient (Wildman–Crippen LogP) is 4.90. The number of benzene rings is 2. The van der Waals surface area contributed by atoms with E-state index < -0.39 is 0 Å². The Hall–Kier alpha value is -4.99. The highest BCUT2D eigenvalue weighted by atomic mass is 16.5. The number of nitrogens with one attached hydrogen (secondary N) is 4. The van der Waals surface area contributed by atoms with Gasteiger partial charge in [0.05, 0.1) is 33.1 Å². The number of hydrogen-bond acceptors (Lipinski definition) is 7. The van der Waals surface area contributed by atoms with Crippen molar-refractivity contribution in [2.24, 2.45) is 0 Å². The van der Waals surface area contributed by atoms with E-state index in [0.717, 1.165) is 28.6 Å². The van der Waals surface area contributed by atoms with Gasteiger partial charge in [-0.3, -0.25) is 14.4 Å². The Morgan fingerprint density at radius 3 is 2.53 bits per heavy atom. The number of methoxy groups -OCH3 is 3. The normalized spacial score (nSPS) is 13.6. The van der Waals surface area contributed by atoms with E-state index in [9.17, 15) is 14.4 Å². The van der Waals surface area contributed by atoms with E-state index in [1.807, 2.05) is 36.5 Å². The van der Waals surface area contributed by atoms with Crippen LogP contribution in [0.2, 0.25) is 0 Å². The molecule has 4 N–H and O–H groups in total. The van der Waals surface area contributed by atoms with Crippen LogP contribution in [0.3, 0.4) is 0 Å². The molecule has 10 heteroatoms. The third-order valence-electron chi connectivity index (χ3n) is 8.20. The van der Waals surface area contributed by atoms with Gasteiger partial charge < -0.3 is 35.1 Å². The SMILES string of the molecule is COc1cc2c(c(OC)c1OC)-c1ccc(NCCCC(=O)NCCc3c[nH]c4ccccc34)c(=O)cc1[C@@H](NC(C)=O)CC2. The maximum Gasteiger partial charge on any atom is 0.220 e. The lowest BCUT2D eigenvalue weighted by molar-refractivity contribution is -0.121. The summed E-state index contributed by atoms with van der Waals surface area (Å²) >= 11 is 0. The molecule has 2 amide bonds. The number of para-hydroxylation sites is 1. The molecular weight excluding hydrogens is 572 g/mol. The Bertz CT molecular complexity index is 1770. The largest absolute Gasteiger partial charge is 0.493 e. The van der Waals surface area contributed by atoms with Crippen LogP contribution >= 0.6 is 0 Å². The van der Waals surface area contributed by atoms with Crippen LogP contribution in [0, 0.1) is 0 Å². The molecule has 1 aliphatic carbocycles. The molecule has 5 rings (SSSR count). The first-order valence-corrected chi connectivity index (χ1v) is 15.2. The van der Waals surface area contributed by atoms with Crippen molar-refractivity contribution in [1.82, 2.24) is 15.6 Å². The number of carbonyl (C=O) groups is 2. The average molecular weight is 613 g/mol. The molecule has 0 saturated carbocycles. The lowest BCUT2D eigenvalue weighted by atomic mass is 9.95. The third-order valence-corrected chi connectivity index (χ3v) is 8.20. The second kappa shape index (κ2) is 14.2. The summed E-state index contributed by atoms with van der Waals surface area (Å²) in [6.07, 6.45) is 4.82. The molecule has 4 aromatic rings. The Labute approximate surface area is 262 Å². The van der Waals surface area contributed by atoms with E-state index >= 15 is 0 Å². The standard InChI is InChI=1S/C35H40N4O6/c1-21(40)39-28-13-11-22-18-31(43-2)34(44-3)35(45-4)33(22)25-12-14-29(30(41)19-26(25)28)36-16-7-10-32(42)37-17-15-23-20-38-27-9-6-5-8-24(23)27/h5-6,8-9,12,14,18-20,28,38H,7,10-11,13,15-17H2,1-4H3,(H,36,41)(H,37,42)(H,39,40)/t28-/m0/s1. The predicted molar refractivity (Wildman–Crippen MR) is 175 cm³/mol. The first kappa shape index (κ1) is 31.4. The van der Waals surface area contributed by atoms with E-state index in [0.29, 0.717) is 67.3 Å². The average Bonchev–Trinajstić information content (AvgIpc) is 3.30. The fourth-order valence-corrected chi connectivity index (χ4v) is 6.09. The first-order chi connectivity index (χ1) is 21.8. The smallest absolute Gasteiger partial charge is 0.220 e. The van der Waals surface area contributed by atoms with Crippen molar-refractivity contribution in [3.8, 4) is 28.4 Å². The minimum atomic E-state index is -0.382. The maximum atomic E-state index is 13.5. The van der Waals surface area contributed by atoms with Gasteiger partial charge in [0.25, 0.3) is 0 Å². The van der Waals surface area contributed by atoms with Crippen molar-refractivity contribution < 1.29 is 23.8 Å². The zero-order valence-electron chi connectivity index (χ0n) is 26.2. The van der Waals surface area contributed by atoms with Crippen LogP contribution in [-0.2, 0) is 22.4 Å². The van der Waals surface area contributed by atoms with Gasteiger partial charge in [-0.05, 0) is 72.2 Å². The summed E-state index contributed by atoms with van der Waals surface area (Å²) < 4.78 is 17.1. The topological polar surface area (TPSA) is 131 Å². The van der Waals surface area contributed by atoms with Gasteiger partial charge in [-0.2, -0.15) is 0 Å². The van der Waals surface area contributed by atoms with Crippen LogP contribution in [-0.4, -0.2) is 51.2 Å². The van der Waals surface area contributed by atoms with Gasteiger partial charge >= 0.3 is 0 Å². The van der Waals surface area contributed by atoms with Gasteiger partial charge in [0.15, 0.2) is 11.5 Å². The molecule has 3 aromatic carbocycles. The molecule has 1 atom stereocenters. The molecule has 10 nitrogen and oxygen atoms in total. The van der Waals surface area contributed by atoms with Gasteiger partial charge in [0.2, 0.25) is 23.0 Å². The highest BCUT2D eigenvalue weighted by Gasteiger charge is 2.29. The first-order valence-electron chi connectivity index (χ1n) is 15.2. The Balaban J connectivity index is 1.30. The lowest BCUT2D eigenvalue weighted by Crippen LogP contribution is -2.26. The molecule has 0 radical (unpaired) electrons. The number of aromatic amines is 1. The second-order valence-electron chi connectivity index (χ2n) is 11.1. The zero-order chi connectivity index (χ0) is 31.9. The number of hydrogen-bond donors (Lipinski definition) is 4. The number of fused-ring (bicyclic) bond motifs is 4. The molecule has 45 heavy (non-hydrogen) atoms. The summed E-state index contributed by atoms with van der Waals surface area (Å²) in [4.78, 5) is 41.4. The summed E-state index contributed by atoms with van der Waals surface area (Å²) in [5.74, 6) is 1.28. The summed E-state index contributed by atoms with van der Waals surface area (Å²) in [6, 6.07) is 14.9. The highest BCUT2D eigenvalue weighted by molar-refractivity contribution is 5.84. The minimum Gasteiger partial charge on any atom is -0.493 e. The second-order valence-corrected chi connectivity index (χ2v) is 11.1. The van der Waals surface area contributed by atoms with Crippen molar-refractivity contribution in [2.75, 3.05) is 39.7 Å². The quantitative estimate of drug-likeness (QED) is 0.168. The van der Waals surface area contributed by atoms with Gasteiger partial charge in [-0.15, -0.1) is 0 Å². The zero-order valence-corrected chi connectivity index (χ0v) is 26.2. The number of rotatable bonds is 12. The maximum absolute atomic E-state index is 13.5. The summed E-state index contributed by atoms with van der Waals surface area (Å²) in [7, 11) is 4.70. The molecule has 1 aromatic heterocycles. The Kier molecular flexibility index (Phi) is 9.92.